The molecular formula is C41H88S. The second-order valence-electron chi connectivity index (χ2n) is 15.4. The van der Waals surface area contributed by atoms with Crippen molar-refractivity contribution in [3.05, 3.63) is 0 Å². The summed E-state index contributed by atoms with van der Waals surface area (Å²) < 4.78 is 0. The molecule has 0 bridgehead atoms. The summed E-state index contributed by atoms with van der Waals surface area (Å²) in [5.41, 5.74) is 0. The summed E-state index contributed by atoms with van der Waals surface area (Å²) in [6, 6.07) is 0. The van der Waals surface area contributed by atoms with Crippen LogP contribution in [0.4, 0.5) is 0 Å². The summed E-state index contributed by atoms with van der Waals surface area (Å²) in [6.07, 6.45) is 50.3. The third-order valence-corrected chi connectivity index (χ3v) is 17.7. The molecule has 0 unspecified atom stereocenters. The monoisotopic (exact) mass is 613 g/mol. The third-order valence-electron chi connectivity index (χ3n) is 10.8. The molecule has 0 aromatic rings. The van der Waals surface area contributed by atoms with Crippen molar-refractivity contribution >= 4 is 9.16 Å². The van der Waals surface area contributed by atoms with Gasteiger partial charge in [0, 0.05) is 0 Å². The van der Waals surface area contributed by atoms with Gasteiger partial charge in [0.2, 0.25) is 0 Å². The summed E-state index contributed by atoms with van der Waals surface area (Å²) in [4.78, 5) is 0. The van der Waals surface area contributed by atoms with Crippen molar-refractivity contribution in [3.8, 4) is 0 Å². The minimum absolute atomic E-state index is 1.38. The maximum absolute atomic E-state index is 2.95. The first-order valence-electron chi connectivity index (χ1n) is 20.5. The maximum Gasteiger partial charge on any atom is -0.0358 e. The smallest absolute Gasteiger partial charge is 0.0358 e. The van der Waals surface area contributed by atoms with Crippen LogP contribution in [0.3, 0.4) is 0 Å². The Bertz CT molecular complexity index is 419. The molecule has 0 aromatic heterocycles. The minimum atomic E-state index is -1.62. The quantitative estimate of drug-likeness (QED) is 0.0528. The molecule has 0 aliphatic rings. The van der Waals surface area contributed by atoms with Gasteiger partial charge < -0.3 is 0 Å². The molecule has 0 aliphatic heterocycles. The van der Waals surface area contributed by atoms with E-state index in [0.29, 0.717) is 0 Å². The Morgan fingerprint density at radius 3 is 0.524 bits per heavy atom. The fraction of sp³-hybridized carbons (Fsp3) is 1.00. The van der Waals surface area contributed by atoms with E-state index < -0.39 is 9.16 Å². The number of hydrogen-bond acceptors (Lipinski definition) is 0. The average Bonchev–Trinajstić information content (AvgIpc) is 2.99. The van der Waals surface area contributed by atoms with Crippen molar-refractivity contribution in [3.63, 3.8) is 0 Å². The van der Waals surface area contributed by atoms with Crippen LogP contribution in [0.1, 0.15) is 233 Å². The number of thiol groups is 1. The molecule has 0 saturated carbocycles. The van der Waals surface area contributed by atoms with Gasteiger partial charge in [-0.25, -0.2) is 0 Å². The van der Waals surface area contributed by atoms with Crippen LogP contribution in [-0.2, 0) is 0 Å². The lowest BCUT2D eigenvalue weighted by Gasteiger charge is -2.60. The largest absolute Gasteiger partial charge is 0.285 e. The fourth-order valence-electron chi connectivity index (χ4n) is 7.63. The topological polar surface area (TPSA) is 0 Å². The van der Waals surface area contributed by atoms with Crippen molar-refractivity contribution in [1.29, 1.82) is 0 Å². The van der Waals surface area contributed by atoms with E-state index in [4.69, 9.17) is 0 Å². The first kappa shape index (κ1) is 42.3. The highest BCUT2D eigenvalue weighted by atomic mass is 32.3. The van der Waals surface area contributed by atoms with E-state index in [1.165, 1.54) is 180 Å². The van der Waals surface area contributed by atoms with Crippen LogP contribution in [0.25, 0.3) is 0 Å². The van der Waals surface area contributed by atoms with Crippen LogP contribution < -0.4 is 0 Å². The fourth-order valence-corrected chi connectivity index (χ4v) is 13.8. The summed E-state index contributed by atoms with van der Waals surface area (Å²) in [5.74, 6) is 6.57. The second kappa shape index (κ2) is 31.3. The van der Waals surface area contributed by atoms with Gasteiger partial charge in [0.25, 0.3) is 0 Å². The van der Waals surface area contributed by atoms with Crippen LogP contribution in [0.2, 0.25) is 0 Å². The Morgan fingerprint density at radius 1 is 0.214 bits per heavy atom. The Balaban J connectivity index is 5.04. The van der Waals surface area contributed by atoms with E-state index in [0.717, 1.165) is 0 Å². The molecule has 1 heteroatoms. The zero-order valence-electron chi connectivity index (χ0n) is 30.9. The Kier molecular flexibility index (Phi) is 31.6. The van der Waals surface area contributed by atoms with Crippen molar-refractivity contribution in [2.24, 2.45) is 0 Å². The zero-order valence-corrected chi connectivity index (χ0v) is 31.8. The first-order chi connectivity index (χ1) is 20.5. The minimum Gasteiger partial charge on any atom is -0.285 e. The van der Waals surface area contributed by atoms with Crippen LogP contribution in [0.5, 0.6) is 0 Å². The molecule has 0 aliphatic carbocycles. The van der Waals surface area contributed by atoms with Gasteiger partial charge in [0.15, 0.2) is 0 Å². The van der Waals surface area contributed by atoms with Gasteiger partial charge in [-0.1, -0.05) is 207 Å². The standard InChI is InChI=1S/C41H88S/c1-6-10-14-18-22-26-30-34-38-42(5,39-35-31-27-23-19-15-11-7-2,40-36-32-28-24-20-16-12-8-3)41-37-33-29-25-21-17-13-9-4/h42H,6-41H2,1-5H3. The molecule has 0 nitrogen and oxygen atoms in total. The molecule has 42 heavy (non-hydrogen) atoms. The molecule has 0 atom stereocenters. The van der Waals surface area contributed by atoms with Crippen molar-refractivity contribution in [2.75, 3.05) is 29.3 Å². The lowest BCUT2D eigenvalue weighted by atomic mass is 10.1. The molecule has 0 N–H and O–H groups in total. The third kappa shape index (κ3) is 26.7. The molecule has 0 radical (unpaired) electrons. The van der Waals surface area contributed by atoms with E-state index in [-0.39, 0.29) is 0 Å². The van der Waals surface area contributed by atoms with Crippen LogP contribution in [0.15, 0.2) is 0 Å². The predicted molar refractivity (Wildman–Crippen MR) is 205 cm³/mol. The molecule has 0 heterocycles. The van der Waals surface area contributed by atoms with E-state index in [2.05, 4.69) is 34.0 Å². The summed E-state index contributed by atoms with van der Waals surface area (Å²) in [6.45, 7) is 9.37. The van der Waals surface area contributed by atoms with Gasteiger partial charge >= 0.3 is 0 Å². The summed E-state index contributed by atoms with van der Waals surface area (Å²) in [7, 11) is -1.62. The van der Waals surface area contributed by atoms with Crippen LogP contribution >= 0.6 is 9.16 Å². The van der Waals surface area contributed by atoms with E-state index in [1.807, 2.05) is 0 Å². The highest BCUT2D eigenvalue weighted by molar-refractivity contribution is 8.49. The van der Waals surface area contributed by atoms with E-state index in [9.17, 15) is 0 Å². The number of unbranched alkanes of at least 4 members (excludes halogenated alkanes) is 28. The van der Waals surface area contributed by atoms with E-state index in [1.54, 1.807) is 48.7 Å². The molecule has 0 saturated heterocycles. The number of rotatable bonds is 36. The summed E-state index contributed by atoms with van der Waals surface area (Å²) >= 11 is 0. The molecule has 0 amide bonds. The summed E-state index contributed by atoms with van der Waals surface area (Å²) in [5, 5.41) is 0. The predicted octanol–water partition coefficient (Wildman–Crippen LogP) is 15.3. The molecule has 0 fully saturated rings. The maximum atomic E-state index is 2.95. The average molecular weight is 613 g/mol. The van der Waals surface area contributed by atoms with Crippen molar-refractivity contribution < 1.29 is 0 Å². The van der Waals surface area contributed by atoms with Crippen molar-refractivity contribution in [1.82, 2.24) is 0 Å². The van der Waals surface area contributed by atoms with Gasteiger partial charge in [-0.2, -0.15) is 0 Å². The molecule has 0 spiro atoms. The Morgan fingerprint density at radius 2 is 0.357 bits per heavy atom. The molecule has 258 valence electrons. The first-order valence-corrected chi connectivity index (χ1v) is 24.0. The van der Waals surface area contributed by atoms with Crippen molar-refractivity contribution in [2.45, 2.75) is 233 Å². The molecule has 0 rings (SSSR count). The molecule has 0 aromatic carbocycles. The lowest BCUT2D eigenvalue weighted by molar-refractivity contribution is 0.578. The van der Waals surface area contributed by atoms with Gasteiger partial charge in [0.05, 0.1) is 0 Å². The molecular weight excluding hydrogens is 525 g/mol. The highest BCUT2D eigenvalue weighted by Gasteiger charge is 2.34. The number of hydrogen-bond donors (Lipinski definition) is 1. The van der Waals surface area contributed by atoms with Gasteiger partial charge in [0.1, 0.15) is 0 Å². The SMILES string of the molecule is CCCCCCCCCC[SH](C)(CCCCCCCCCC)(CCCCCCCCCC)CCCCCCCCCC. The van der Waals surface area contributed by atoms with Gasteiger partial charge in [-0.3, -0.25) is 9.16 Å². The Labute approximate surface area is 270 Å². The highest BCUT2D eigenvalue weighted by Crippen LogP contribution is 2.68. The normalized spacial score (nSPS) is 13.0. The lowest BCUT2D eigenvalue weighted by Crippen LogP contribution is -2.32. The Hall–Kier alpha value is 0.350. The van der Waals surface area contributed by atoms with Gasteiger partial charge in [-0.05, 0) is 55.0 Å². The second-order valence-corrected chi connectivity index (χ2v) is 22.4. The van der Waals surface area contributed by atoms with Crippen LogP contribution in [0, 0.1) is 0 Å². The van der Waals surface area contributed by atoms with Crippen LogP contribution in [-0.4, -0.2) is 29.3 Å². The van der Waals surface area contributed by atoms with Gasteiger partial charge in [-0.15, -0.1) is 0 Å². The van der Waals surface area contributed by atoms with E-state index >= 15 is 0 Å². The zero-order chi connectivity index (χ0) is 30.9.